The first kappa shape index (κ1) is 12.7. The van der Waals surface area contributed by atoms with Crippen LogP contribution in [-0.2, 0) is 6.54 Å². The summed E-state index contributed by atoms with van der Waals surface area (Å²) in [4.78, 5) is 12.3. The highest BCUT2D eigenvalue weighted by molar-refractivity contribution is 7.09. The Labute approximate surface area is 121 Å². The lowest BCUT2D eigenvalue weighted by Crippen LogP contribution is -2.26. The Morgan fingerprint density at radius 2 is 2.37 bits per heavy atom. The summed E-state index contributed by atoms with van der Waals surface area (Å²) in [6, 6.07) is 4.78. The second kappa shape index (κ2) is 5.35. The van der Waals surface area contributed by atoms with Crippen molar-refractivity contribution in [2.24, 2.45) is 0 Å². The first-order valence-electron chi connectivity index (χ1n) is 6.27. The molecule has 0 aliphatic heterocycles. The van der Waals surface area contributed by atoms with E-state index in [9.17, 15) is 0 Å². The Kier molecular flexibility index (Phi) is 3.57. The topological polar surface area (TPSA) is 41.1 Å². The first-order valence-corrected chi connectivity index (χ1v) is 7.53. The average Bonchev–Trinajstić information content (AvgIpc) is 3.14. The molecule has 19 heavy (non-hydrogen) atoms. The summed E-state index contributed by atoms with van der Waals surface area (Å²) in [5.41, 5.74) is 0. The summed E-state index contributed by atoms with van der Waals surface area (Å²) in [7, 11) is 1.81. The lowest BCUT2D eigenvalue weighted by molar-refractivity contribution is 0.784. The van der Waals surface area contributed by atoms with E-state index in [1.165, 1.54) is 17.7 Å². The molecule has 0 bridgehead atoms. The van der Waals surface area contributed by atoms with Crippen molar-refractivity contribution >= 4 is 34.7 Å². The maximum absolute atomic E-state index is 6.27. The van der Waals surface area contributed by atoms with Gasteiger partial charge < -0.3 is 10.2 Å². The molecule has 3 rings (SSSR count). The Bertz CT molecular complexity index is 554. The molecule has 2 aromatic rings. The van der Waals surface area contributed by atoms with Crippen LogP contribution in [0.1, 0.15) is 17.7 Å². The van der Waals surface area contributed by atoms with Crippen LogP contribution in [0.25, 0.3) is 0 Å². The molecule has 0 radical (unpaired) electrons. The third-order valence-corrected chi connectivity index (χ3v) is 4.24. The molecular formula is C13H15ClN4S. The van der Waals surface area contributed by atoms with Crippen molar-refractivity contribution in [3.63, 3.8) is 0 Å². The molecule has 0 saturated heterocycles. The molecule has 0 atom stereocenters. The summed E-state index contributed by atoms with van der Waals surface area (Å²) in [6.07, 6.45) is 4.08. The SMILES string of the molecule is CNc1ncc(Cl)c(N(Cc2cccs2)C2CC2)n1. The van der Waals surface area contributed by atoms with Gasteiger partial charge in [-0.15, -0.1) is 11.3 Å². The Morgan fingerprint density at radius 3 is 3.00 bits per heavy atom. The largest absolute Gasteiger partial charge is 0.357 e. The Hall–Kier alpha value is -1.33. The normalized spacial score (nSPS) is 14.4. The van der Waals surface area contributed by atoms with E-state index in [0.29, 0.717) is 17.0 Å². The van der Waals surface area contributed by atoms with Gasteiger partial charge in [0.25, 0.3) is 0 Å². The third kappa shape index (κ3) is 2.82. The van der Waals surface area contributed by atoms with Gasteiger partial charge >= 0.3 is 0 Å². The summed E-state index contributed by atoms with van der Waals surface area (Å²) in [6.45, 7) is 0.863. The van der Waals surface area contributed by atoms with Crippen molar-refractivity contribution < 1.29 is 0 Å². The molecule has 1 saturated carbocycles. The number of hydrogen-bond acceptors (Lipinski definition) is 5. The smallest absolute Gasteiger partial charge is 0.224 e. The van der Waals surface area contributed by atoms with Gasteiger partial charge in [-0.2, -0.15) is 4.98 Å². The van der Waals surface area contributed by atoms with Crippen LogP contribution < -0.4 is 10.2 Å². The molecule has 0 spiro atoms. The zero-order valence-electron chi connectivity index (χ0n) is 10.6. The molecule has 2 aromatic heterocycles. The summed E-state index contributed by atoms with van der Waals surface area (Å²) in [5.74, 6) is 1.44. The van der Waals surface area contributed by atoms with E-state index in [0.717, 1.165) is 12.4 Å². The summed E-state index contributed by atoms with van der Waals surface area (Å²) in [5, 5.41) is 5.67. The number of halogens is 1. The van der Waals surface area contributed by atoms with Crippen LogP contribution in [0.3, 0.4) is 0 Å². The fraction of sp³-hybridized carbons (Fsp3) is 0.385. The van der Waals surface area contributed by atoms with Gasteiger partial charge in [-0.3, -0.25) is 0 Å². The monoisotopic (exact) mass is 294 g/mol. The second-order valence-corrected chi connectivity index (χ2v) is 5.99. The molecule has 1 aliphatic rings. The van der Waals surface area contributed by atoms with Crippen LogP contribution in [0.15, 0.2) is 23.7 Å². The third-order valence-electron chi connectivity index (χ3n) is 3.12. The lowest BCUT2D eigenvalue weighted by atomic mass is 10.3. The molecule has 6 heteroatoms. The molecule has 100 valence electrons. The van der Waals surface area contributed by atoms with Crippen molar-refractivity contribution in [3.8, 4) is 0 Å². The minimum atomic E-state index is 0.555. The van der Waals surface area contributed by atoms with E-state index in [-0.39, 0.29) is 0 Å². The van der Waals surface area contributed by atoms with Crippen molar-refractivity contribution in [2.45, 2.75) is 25.4 Å². The van der Waals surface area contributed by atoms with Crippen molar-refractivity contribution in [1.29, 1.82) is 0 Å². The minimum Gasteiger partial charge on any atom is -0.357 e. The lowest BCUT2D eigenvalue weighted by Gasteiger charge is -2.24. The molecule has 0 aromatic carbocycles. The van der Waals surface area contributed by atoms with E-state index in [2.05, 4.69) is 37.7 Å². The van der Waals surface area contributed by atoms with Gasteiger partial charge in [0.05, 0.1) is 12.7 Å². The van der Waals surface area contributed by atoms with E-state index in [1.807, 2.05) is 7.05 Å². The second-order valence-electron chi connectivity index (χ2n) is 4.55. The zero-order chi connectivity index (χ0) is 13.2. The van der Waals surface area contributed by atoms with Crippen LogP contribution in [0.2, 0.25) is 5.02 Å². The van der Waals surface area contributed by atoms with Crippen LogP contribution in [0.4, 0.5) is 11.8 Å². The standard InChI is InChI=1S/C13H15ClN4S/c1-15-13-16-7-11(14)12(17-13)18(9-4-5-9)8-10-3-2-6-19-10/h2-3,6-7,9H,4-5,8H2,1H3,(H,15,16,17). The number of anilines is 2. The summed E-state index contributed by atoms with van der Waals surface area (Å²) >= 11 is 8.03. The average molecular weight is 295 g/mol. The van der Waals surface area contributed by atoms with Gasteiger partial charge in [-0.05, 0) is 24.3 Å². The van der Waals surface area contributed by atoms with E-state index < -0.39 is 0 Å². The van der Waals surface area contributed by atoms with Crippen LogP contribution in [-0.4, -0.2) is 23.1 Å². The number of nitrogens with one attached hydrogen (secondary N) is 1. The maximum Gasteiger partial charge on any atom is 0.224 e. The summed E-state index contributed by atoms with van der Waals surface area (Å²) < 4.78 is 0. The zero-order valence-corrected chi connectivity index (χ0v) is 12.2. The predicted octanol–water partition coefficient (Wildman–Crippen LogP) is 3.40. The minimum absolute atomic E-state index is 0.555. The molecule has 2 heterocycles. The van der Waals surface area contributed by atoms with Crippen molar-refractivity contribution in [1.82, 2.24) is 9.97 Å². The quantitative estimate of drug-likeness (QED) is 0.917. The van der Waals surface area contributed by atoms with E-state index in [4.69, 9.17) is 11.6 Å². The molecule has 0 amide bonds. The van der Waals surface area contributed by atoms with Crippen LogP contribution in [0, 0.1) is 0 Å². The Morgan fingerprint density at radius 1 is 1.53 bits per heavy atom. The number of hydrogen-bond donors (Lipinski definition) is 1. The number of rotatable bonds is 5. The van der Waals surface area contributed by atoms with Crippen molar-refractivity contribution in [2.75, 3.05) is 17.3 Å². The highest BCUT2D eigenvalue weighted by Crippen LogP contribution is 2.36. The molecule has 1 aliphatic carbocycles. The highest BCUT2D eigenvalue weighted by Gasteiger charge is 2.31. The molecule has 1 N–H and O–H groups in total. The van der Waals surface area contributed by atoms with Gasteiger partial charge in [0.2, 0.25) is 5.95 Å². The van der Waals surface area contributed by atoms with Gasteiger partial charge in [0, 0.05) is 18.0 Å². The van der Waals surface area contributed by atoms with Crippen LogP contribution >= 0.6 is 22.9 Å². The molecule has 1 fully saturated rings. The van der Waals surface area contributed by atoms with E-state index in [1.54, 1.807) is 17.5 Å². The number of thiophene rings is 1. The maximum atomic E-state index is 6.27. The predicted molar refractivity (Wildman–Crippen MR) is 80.1 cm³/mol. The first-order chi connectivity index (χ1) is 9.28. The highest BCUT2D eigenvalue weighted by atomic mass is 35.5. The molecule has 4 nitrogen and oxygen atoms in total. The van der Waals surface area contributed by atoms with Crippen LogP contribution in [0.5, 0.6) is 0 Å². The fourth-order valence-electron chi connectivity index (χ4n) is 2.01. The molecular weight excluding hydrogens is 280 g/mol. The van der Waals surface area contributed by atoms with Crippen molar-refractivity contribution in [3.05, 3.63) is 33.6 Å². The van der Waals surface area contributed by atoms with Gasteiger partial charge in [-0.1, -0.05) is 17.7 Å². The number of nitrogens with zero attached hydrogens (tertiary/aromatic N) is 3. The number of aromatic nitrogens is 2. The molecule has 0 unspecified atom stereocenters. The van der Waals surface area contributed by atoms with Gasteiger partial charge in [0.15, 0.2) is 5.82 Å². The Balaban J connectivity index is 1.91. The van der Waals surface area contributed by atoms with Gasteiger partial charge in [0.1, 0.15) is 5.02 Å². The fourth-order valence-corrected chi connectivity index (χ4v) is 2.92. The van der Waals surface area contributed by atoms with Gasteiger partial charge in [-0.25, -0.2) is 4.98 Å². The van der Waals surface area contributed by atoms with E-state index >= 15 is 0 Å².